The van der Waals surface area contributed by atoms with Crippen LogP contribution in [0, 0.1) is 10.1 Å². The molecule has 57 heavy (non-hydrogen) atoms. The molecule has 0 aromatic heterocycles. The van der Waals surface area contributed by atoms with Crippen molar-refractivity contribution in [2.45, 2.75) is 32.1 Å². The molecule has 0 heterocycles. The summed E-state index contributed by atoms with van der Waals surface area (Å²) < 4.78 is 17.9. The molecule has 0 radical (unpaired) electrons. The molecule has 0 saturated carbocycles. The van der Waals surface area contributed by atoms with Gasteiger partial charge in [-0.3, -0.25) is 14.9 Å². The summed E-state index contributed by atoms with van der Waals surface area (Å²) in [6.07, 6.45) is 0.692. The van der Waals surface area contributed by atoms with Crippen molar-refractivity contribution in [1.82, 2.24) is 0 Å². The minimum atomic E-state index is -0.552. The monoisotopic (exact) mass is 802 g/mol. The first kappa shape index (κ1) is 40.4. The number of hydrogen-bond donors (Lipinski definition) is 0. The van der Waals surface area contributed by atoms with Gasteiger partial charge in [-0.25, -0.2) is 0 Å². The Kier molecular flexibility index (Phi) is 13.5. The summed E-state index contributed by atoms with van der Waals surface area (Å²) in [5.74, 6) is 2.42. The lowest BCUT2D eigenvalue weighted by Crippen LogP contribution is -2.29. The van der Waals surface area contributed by atoms with Crippen molar-refractivity contribution >= 4 is 51.9 Å². The summed E-state index contributed by atoms with van der Waals surface area (Å²) in [6.45, 7) is 5.59. The number of rotatable bonds is 17. The maximum absolute atomic E-state index is 13.3. The summed E-state index contributed by atoms with van der Waals surface area (Å²) in [7, 11) is 0. The third kappa shape index (κ3) is 11.2. The largest absolute Gasteiger partial charge is 0.464 e. The van der Waals surface area contributed by atoms with E-state index in [1.807, 2.05) is 104 Å². The van der Waals surface area contributed by atoms with Crippen LogP contribution in [-0.4, -0.2) is 30.6 Å². The van der Waals surface area contributed by atoms with Gasteiger partial charge in [0.25, 0.3) is 5.69 Å². The minimum Gasteiger partial charge on any atom is -0.464 e. The topological polar surface area (TPSA) is 116 Å². The zero-order chi connectivity index (χ0) is 40.2. The average Bonchev–Trinajstić information content (AvgIpc) is 3.23. The molecule has 6 rings (SSSR count). The van der Waals surface area contributed by atoms with Crippen molar-refractivity contribution in [3.05, 3.63) is 177 Å². The van der Waals surface area contributed by atoms with Gasteiger partial charge in [-0.15, -0.1) is 0 Å². The first-order valence-corrected chi connectivity index (χ1v) is 19.1. The molecule has 0 atom stereocenters. The number of nitrogens with zero attached hydrogens (tertiary/aromatic N) is 4. The van der Waals surface area contributed by atoms with E-state index in [1.165, 1.54) is 12.1 Å². The standard InChI is InChI=1S/C45H40Cl2N4O6/c1-3-50(38-16-12-36(13-17-38)48-49-37-14-18-39(19-15-37)51(53)54)30-31-55-44(52)28-29-45(2,32-4-20-40(21-5-32)56-42-24-8-34(46)9-25-42)33-6-22-41(23-7-33)57-43-26-10-35(47)11-27-43/h4-27H,3,28-31H2,1-2H3. The summed E-state index contributed by atoms with van der Waals surface area (Å²) >= 11 is 12.1. The highest BCUT2D eigenvalue weighted by Crippen LogP contribution is 2.39. The molecule has 0 aliphatic carbocycles. The maximum atomic E-state index is 13.3. The van der Waals surface area contributed by atoms with Crippen LogP contribution >= 0.6 is 23.2 Å². The Balaban J connectivity index is 1.08. The maximum Gasteiger partial charge on any atom is 0.305 e. The molecule has 0 bridgehead atoms. The number of nitro groups is 1. The number of hydrogen-bond acceptors (Lipinski definition) is 9. The van der Waals surface area contributed by atoms with Gasteiger partial charge >= 0.3 is 5.97 Å². The van der Waals surface area contributed by atoms with Gasteiger partial charge in [0.15, 0.2) is 0 Å². The van der Waals surface area contributed by atoms with Gasteiger partial charge in [0.2, 0.25) is 0 Å². The quantitative estimate of drug-likeness (QED) is 0.0390. The molecule has 12 heteroatoms. The number of anilines is 1. The molecule has 0 unspecified atom stereocenters. The zero-order valence-corrected chi connectivity index (χ0v) is 32.9. The van der Waals surface area contributed by atoms with Gasteiger partial charge in [-0.2, -0.15) is 10.2 Å². The number of non-ortho nitro benzene ring substituents is 1. The van der Waals surface area contributed by atoms with Crippen LogP contribution in [0.3, 0.4) is 0 Å². The van der Waals surface area contributed by atoms with E-state index >= 15 is 0 Å². The zero-order valence-electron chi connectivity index (χ0n) is 31.4. The van der Waals surface area contributed by atoms with Crippen molar-refractivity contribution in [2.75, 3.05) is 24.6 Å². The molecule has 0 aliphatic heterocycles. The molecule has 0 N–H and O–H groups in total. The number of carbonyl (C=O) groups excluding carboxylic acids is 1. The van der Waals surface area contributed by atoms with Gasteiger partial charge in [0.05, 0.1) is 22.8 Å². The molecular weight excluding hydrogens is 763 g/mol. The van der Waals surface area contributed by atoms with Crippen LogP contribution in [-0.2, 0) is 14.9 Å². The van der Waals surface area contributed by atoms with E-state index in [4.69, 9.17) is 37.4 Å². The van der Waals surface area contributed by atoms with Crippen LogP contribution < -0.4 is 14.4 Å². The molecule has 0 fully saturated rings. The van der Waals surface area contributed by atoms with Gasteiger partial charge < -0.3 is 19.1 Å². The third-order valence-electron chi connectivity index (χ3n) is 9.47. The Bertz CT molecular complexity index is 2180. The van der Waals surface area contributed by atoms with Gasteiger partial charge in [0.1, 0.15) is 29.6 Å². The number of ether oxygens (including phenoxy) is 3. The lowest BCUT2D eigenvalue weighted by atomic mass is 9.73. The number of esters is 1. The Labute approximate surface area is 341 Å². The van der Waals surface area contributed by atoms with Crippen molar-refractivity contribution < 1.29 is 23.9 Å². The highest BCUT2D eigenvalue weighted by atomic mass is 35.5. The molecule has 0 spiro atoms. The van der Waals surface area contributed by atoms with E-state index in [9.17, 15) is 14.9 Å². The molecule has 0 aliphatic rings. The number of carbonyl (C=O) groups is 1. The normalized spacial score (nSPS) is 11.3. The number of likely N-dealkylation sites (N-methyl/N-ethyl adjacent to an activating group) is 1. The molecule has 290 valence electrons. The first-order chi connectivity index (χ1) is 27.6. The SMILES string of the molecule is CCN(CCOC(=O)CCC(C)(c1ccc(Oc2ccc(Cl)cc2)cc1)c1ccc(Oc2ccc(Cl)cc2)cc1)c1ccc(N=Nc2ccc([N+](=O)[O-])cc2)cc1. The predicted molar refractivity (Wildman–Crippen MR) is 224 cm³/mol. The Morgan fingerprint density at radius 3 is 1.51 bits per heavy atom. The van der Waals surface area contributed by atoms with E-state index < -0.39 is 10.3 Å². The van der Waals surface area contributed by atoms with Crippen LogP contribution in [0.15, 0.2) is 156 Å². The second kappa shape index (κ2) is 19.1. The molecule has 10 nitrogen and oxygen atoms in total. The van der Waals surface area contributed by atoms with Crippen molar-refractivity contribution in [3.8, 4) is 23.0 Å². The fourth-order valence-electron chi connectivity index (χ4n) is 6.16. The van der Waals surface area contributed by atoms with E-state index in [-0.39, 0.29) is 24.7 Å². The average molecular weight is 804 g/mol. The van der Waals surface area contributed by atoms with Crippen LogP contribution in [0.1, 0.15) is 37.8 Å². The second-order valence-electron chi connectivity index (χ2n) is 13.3. The van der Waals surface area contributed by atoms with Gasteiger partial charge in [-0.1, -0.05) is 54.4 Å². The lowest BCUT2D eigenvalue weighted by Gasteiger charge is -2.31. The fourth-order valence-corrected chi connectivity index (χ4v) is 6.42. The van der Waals surface area contributed by atoms with Crippen LogP contribution in [0.25, 0.3) is 0 Å². The van der Waals surface area contributed by atoms with Crippen molar-refractivity contribution in [2.24, 2.45) is 10.2 Å². The van der Waals surface area contributed by atoms with E-state index in [2.05, 4.69) is 22.1 Å². The number of benzene rings is 6. The van der Waals surface area contributed by atoms with Crippen molar-refractivity contribution in [3.63, 3.8) is 0 Å². The summed E-state index contributed by atoms with van der Waals surface area (Å²) in [6, 6.07) is 43.6. The van der Waals surface area contributed by atoms with E-state index in [0.717, 1.165) is 16.8 Å². The molecule has 0 amide bonds. The fraction of sp³-hybridized carbons (Fsp3) is 0.178. The Morgan fingerprint density at radius 2 is 1.09 bits per heavy atom. The van der Waals surface area contributed by atoms with E-state index in [0.29, 0.717) is 63.9 Å². The number of azo groups is 1. The molecular formula is C45H40Cl2N4O6. The Morgan fingerprint density at radius 1 is 0.667 bits per heavy atom. The van der Waals surface area contributed by atoms with Crippen molar-refractivity contribution in [1.29, 1.82) is 0 Å². The molecule has 6 aromatic rings. The highest BCUT2D eigenvalue weighted by Gasteiger charge is 2.30. The number of halogens is 2. The van der Waals surface area contributed by atoms with Crippen LogP contribution in [0.5, 0.6) is 23.0 Å². The summed E-state index contributed by atoms with van der Waals surface area (Å²) in [5.41, 5.74) is 3.56. The first-order valence-electron chi connectivity index (χ1n) is 18.3. The minimum absolute atomic E-state index is 0.00526. The van der Waals surface area contributed by atoms with Crippen LogP contribution in [0.4, 0.5) is 22.7 Å². The number of nitro benzene ring substituents is 1. The Hall–Kier alpha value is -6.23. The smallest absolute Gasteiger partial charge is 0.305 e. The second-order valence-corrected chi connectivity index (χ2v) is 14.2. The van der Waals surface area contributed by atoms with E-state index in [1.54, 1.807) is 36.4 Å². The van der Waals surface area contributed by atoms with Crippen LogP contribution in [0.2, 0.25) is 10.0 Å². The highest BCUT2D eigenvalue weighted by molar-refractivity contribution is 6.30. The predicted octanol–water partition coefficient (Wildman–Crippen LogP) is 13.1. The lowest BCUT2D eigenvalue weighted by molar-refractivity contribution is -0.384. The summed E-state index contributed by atoms with van der Waals surface area (Å²) in [4.78, 5) is 25.8. The summed E-state index contributed by atoms with van der Waals surface area (Å²) in [5, 5.41) is 20.6. The van der Waals surface area contributed by atoms with Gasteiger partial charge in [-0.05, 0) is 134 Å². The molecule has 0 saturated heterocycles. The van der Waals surface area contributed by atoms with Gasteiger partial charge in [0, 0.05) is 46.2 Å². The molecule has 6 aromatic carbocycles. The third-order valence-corrected chi connectivity index (χ3v) is 9.98.